The Morgan fingerprint density at radius 3 is 2.88 bits per heavy atom. The molecule has 2 bridgehead atoms. The summed E-state index contributed by atoms with van der Waals surface area (Å²) >= 11 is 1.05. The van der Waals surface area contributed by atoms with Gasteiger partial charge in [0.25, 0.3) is 0 Å². The zero-order chi connectivity index (χ0) is 18.7. The molecule has 3 amide bonds. The van der Waals surface area contributed by atoms with Gasteiger partial charge in [0, 0.05) is 6.04 Å². The van der Waals surface area contributed by atoms with Gasteiger partial charge in [-0.2, -0.15) is 5.26 Å². The van der Waals surface area contributed by atoms with Crippen LogP contribution >= 0.6 is 11.8 Å². The third-order valence-electron chi connectivity index (χ3n) is 5.30. The van der Waals surface area contributed by atoms with Gasteiger partial charge in [0.15, 0.2) is 5.16 Å². The first-order valence-electron chi connectivity index (χ1n) is 8.72. The molecule has 2 saturated carbocycles. The number of nitriles is 1. The van der Waals surface area contributed by atoms with Crippen molar-refractivity contribution in [1.82, 2.24) is 20.6 Å². The fraction of sp³-hybridized carbons (Fsp3) is 0.588. The molecule has 9 heteroatoms. The minimum absolute atomic E-state index is 0.0126. The van der Waals surface area contributed by atoms with Crippen LogP contribution in [-0.2, 0) is 4.79 Å². The quantitative estimate of drug-likeness (QED) is 0.527. The molecule has 1 aromatic heterocycles. The third kappa shape index (κ3) is 4.25. The monoisotopic (exact) mass is 374 g/mol. The van der Waals surface area contributed by atoms with Gasteiger partial charge >= 0.3 is 6.03 Å². The van der Waals surface area contributed by atoms with Crippen LogP contribution < -0.4 is 16.4 Å². The van der Waals surface area contributed by atoms with E-state index in [0.717, 1.165) is 17.7 Å². The van der Waals surface area contributed by atoms with E-state index in [9.17, 15) is 9.59 Å². The van der Waals surface area contributed by atoms with Crippen LogP contribution in [0.2, 0.25) is 0 Å². The van der Waals surface area contributed by atoms with Crippen LogP contribution in [0.3, 0.4) is 0 Å². The van der Waals surface area contributed by atoms with Crippen molar-refractivity contribution in [3.63, 3.8) is 0 Å². The SMILES string of the molecule is CC(NC(=O)NC(=O)CSc1ncc(C#N)c(N)n1)C1CC2CCC1C2. The second kappa shape index (κ2) is 7.91. The van der Waals surface area contributed by atoms with Crippen molar-refractivity contribution in [1.29, 1.82) is 5.26 Å². The number of carbonyl (C=O) groups is 2. The summed E-state index contributed by atoms with van der Waals surface area (Å²) in [6.45, 7) is 2.01. The molecular weight excluding hydrogens is 352 g/mol. The van der Waals surface area contributed by atoms with Crippen molar-refractivity contribution in [2.24, 2.45) is 17.8 Å². The van der Waals surface area contributed by atoms with Crippen LogP contribution in [0.15, 0.2) is 11.4 Å². The van der Waals surface area contributed by atoms with Gasteiger partial charge in [-0.1, -0.05) is 18.2 Å². The van der Waals surface area contributed by atoms with Gasteiger partial charge in [-0.05, 0) is 43.9 Å². The molecule has 0 radical (unpaired) electrons. The van der Waals surface area contributed by atoms with E-state index < -0.39 is 11.9 Å². The minimum Gasteiger partial charge on any atom is -0.382 e. The Morgan fingerprint density at radius 2 is 2.27 bits per heavy atom. The van der Waals surface area contributed by atoms with E-state index in [1.54, 1.807) is 0 Å². The molecule has 1 heterocycles. The number of nitrogens with zero attached hydrogens (tertiary/aromatic N) is 3. The molecule has 4 atom stereocenters. The molecule has 8 nitrogen and oxygen atoms in total. The molecule has 1 aromatic rings. The summed E-state index contributed by atoms with van der Waals surface area (Å²) in [4.78, 5) is 31.9. The molecule has 138 valence electrons. The van der Waals surface area contributed by atoms with Crippen molar-refractivity contribution in [2.75, 3.05) is 11.5 Å². The number of hydrogen-bond donors (Lipinski definition) is 3. The fourth-order valence-corrected chi connectivity index (χ4v) is 4.71. The van der Waals surface area contributed by atoms with E-state index >= 15 is 0 Å². The van der Waals surface area contributed by atoms with E-state index in [0.29, 0.717) is 11.8 Å². The van der Waals surface area contributed by atoms with E-state index in [1.165, 1.54) is 31.9 Å². The summed E-state index contributed by atoms with van der Waals surface area (Å²) in [5.41, 5.74) is 5.80. The lowest BCUT2D eigenvalue weighted by molar-refractivity contribution is -0.117. The molecule has 3 rings (SSSR count). The number of anilines is 1. The fourth-order valence-electron chi connectivity index (χ4n) is 4.08. The number of aromatic nitrogens is 2. The number of nitrogens with two attached hydrogens (primary N) is 1. The molecule has 2 aliphatic rings. The molecule has 2 fully saturated rings. The summed E-state index contributed by atoms with van der Waals surface area (Å²) < 4.78 is 0. The first-order chi connectivity index (χ1) is 12.5. The van der Waals surface area contributed by atoms with Gasteiger partial charge < -0.3 is 11.1 Å². The maximum atomic E-state index is 12.0. The maximum Gasteiger partial charge on any atom is 0.321 e. The number of carbonyl (C=O) groups excluding carboxylic acids is 2. The molecule has 26 heavy (non-hydrogen) atoms. The van der Waals surface area contributed by atoms with Crippen molar-refractivity contribution in [3.8, 4) is 6.07 Å². The predicted octanol–water partition coefficient (Wildman–Crippen LogP) is 1.67. The highest BCUT2D eigenvalue weighted by atomic mass is 32.2. The molecule has 0 aromatic carbocycles. The van der Waals surface area contributed by atoms with Crippen LogP contribution in [0.1, 0.15) is 38.2 Å². The predicted molar refractivity (Wildman–Crippen MR) is 97.0 cm³/mol. The second-order valence-electron chi connectivity index (χ2n) is 7.00. The van der Waals surface area contributed by atoms with Gasteiger partial charge in [0.1, 0.15) is 17.5 Å². The van der Waals surface area contributed by atoms with Gasteiger partial charge in [0.2, 0.25) is 5.91 Å². The second-order valence-corrected chi connectivity index (χ2v) is 7.94. The van der Waals surface area contributed by atoms with Crippen molar-refractivity contribution in [3.05, 3.63) is 11.8 Å². The Kier molecular flexibility index (Phi) is 5.61. The number of rotatable bonds is 5. The maximum absolute atomic E-state index is 12.0. The first-order valence-corrected chi connectivity index (χ1v) is 9.70. The van der Waals surface area contributed by atoms with E-state index in [4.69, 9.17) is 11.0 Å². The molecule has 2 aliphatic carbocycles. The highest BCUT2D eigenvalue weighted by molar-refractivity contribution is 7.99. The number of amides is 3. The number of nitrogen functional groups attached to an aromatic ring is 1. The average molecular weight is 374 g/mol. The Hall–Kier alpha value is -2.34. The number of fused-ring (bicyclic) bond motifs is 2. The smallest absolute Gasteiger partial charge is 0.321 e. The Labute approximate surface area is 156 Å². The van der Waals surface area contributed by atoms with Gasteiger partial charge in [-0.25, -0.2) is 14.8 Å². The lowest BCUT2D eigenvalue weighted by Crippen LogP contribution is -2.47. The number of hydrogen-bond acceptors (Lipinski definition) is 7. The zero-order valence-electron chi connectivity index (χ0n) is 14.6. The lowest BCUT2D eigenvalue weighted by Gasteiger charge is -2.28. The summed E-state index contributed by atoms with van der Waals surface area (Å²) in [6.07, 6.45) is 6.34. The normalized spacial score (nSPS) is 24.7. The first kappa shape index (κ1) is 18.5. The Balaban J connectivity index is 1.42. The van der Waals surface area contributed by atoms with Crippen LogP contribution in [0, 0.1) is 29.1 Å². The van der Waals surface area contributed by atoms with Gasteiger partial charge in [-0.15, -0.1) is 0 Å². The molecule has 4 N–H and O–H groups in total. The van der Waals surface area contributed by atoms with Crippen molar-refractivity contribution in [2.45, 2.75) is 43.8 Å². The molecule has 0 saturated heterocycles. The van der Waals surface area contributed by atoms with E-state index in [2.05, 4.69) is 20.6 Å². The topological polar surface area (TPSA) is 134 Å². The number of thioether (sulfide) groups is 1. The van der Waals surface area contributed by atoms with Gasteiger partial charge in [0.05, 0.1) is 11.9 Å². The van der Waals surface area contributed by atoms with Crippen LogP contribution in [0.25, 0.3) is 0 Å². The lowest BCUT2D eigenvalue weighted by atomic mass is 9.84. The standard InChI is InChI=1S/C17H22N6O2S/c1-9(13-5-10-2-3-11(13)4-10)21-16(25)22-14(24)8-26-17-20-7-12(6-18)15(19)23-17/h7,9-11,13H,2-5,8H2,1H3,(H2,19,20,23)(H2,21,22,24,25). The largest absolute Gasteiger partial charge is 0.382 e. The summed E-state index contributed by atoms with van der Waals surface area (Å²) in [5.74, 6) is 1.66. The Morgan fingerprint density at radius 1 is 1.46 bits per heavy atom. The van der Waals surface area contributed by atoms with Crippen molar-refractivity contribution >= 4 is 29.5 Å². The minimum atomic E-state index is -0.467. The highest BCUT2D eigenvalue weighted by Gasteiger charge is 2.42. The van der Waals surface area contributed by atoms with E-state index in [-0.39, 0.29) is 28.3 Å². The van der Waals surface area contributed by atoms with Gasteiger partial charge in [-0.3, -0.25) is 10.1 Å². The summed E-state index contributed by atoms with van der Waals surface area (Å²) in [7, 11) is 0. The molecule has 0 aliphatic heterocycles. The average Bonchev–Trinajstić information content (AvgIpc) is 3.23. The number of urea groups is 1. The zero-order valence-corrected chi connectivity index (χ0v) is 15.4. The number of imide groups is 1. The third-order valence-corrected chi connectivity index (χ3v) is 6.16. The van der Waals surface area contributed by atoms with Crippen molar-refractivity contribution < 1.29 is 9.59 Å². The summed E-state index contributed by atoms with van der Waals surface area (Å²) in [5, 5.41) is 14.3. The molecular formula is C17H22N6O2S. The van der Waals surface area contributed by atoms with Crippen LogP contribution in [0.4, 0.5) is 10.6 Å². The number of nitrogens with one attached hydrogen (secondary N) is 2. The summed E-state index contributed by atoms with van der Waals surface area (Å²) in [6, 6.07) is 1.47. The molecule has 0 spiro atoms. The molecule has 4 unspecified atom stereocenters. The van der Waals surface area contributed by atoms with Crippen LogP contribution in [0.5, 0.6) is 0 Å². The van der Waals surface area contributed by atoms with Crippen LogP contribution in [-0.4, -0.2) is 33.7 Å². The highest BCUT2D eigenvalue weighted by Crippen LogP contribution is 2.49. The Bertz CT molecular complexity index is 749. The van der Waals surface area contributed by atoms with E-state index in [1.807, 2.05) is 13.0 Å².